The number of amides is 1. The molecule has 1 fully saturated rings. The lowest BCUT2D eigenvalue weighted by molar-refractivity contribution is -0.132. The van der Waals surface area contributed by atoms with Crippen molar-refractivity contribution in [3.05, 3.63) is 82.9 Å². The van der Waals surface area contributed by atoms with Gasteiger partial charge >= 0.3 is 5.91 Å². The molecule has 1 atom stereocenters. The van der Waals surface area contributed by atoms with Crippen molar-refractivity contribution in [3.63, 3.8) is 0 Å². The molecule has 3 aromatic carbocycles. The molecular weight excluding hydrogens is 502 g/mol. The number of Topliss-reactive ketones (excluding diaryl/α,β-unsaturated/α-hetero) is 1. The number of hydrogen-bond acceptors (Lipinski definition) is 8. The Labute approximate surface area is 223 Å². The molecule has 0 radical (unpaired) electrons. The first kappa shape index (κ1) is 24.0. The number of carbonyl (C=O) groups excluding carboxylic acids is 2. The van der Waals surface area contributed by atoms with Crippen molar-refractivity contribution in [2.45, 2.75) is 13.0 Å². The van der Waals surface area contributed by atoms with E-state index in [0.29, 0.717) is 41.0 Å². The van der Waals surface area contributed by atoms with E-state index in [1.807, 2.05) is 68.4 Å². The van der Waals surface area contributed by atoms with Gasteiger partial charge in [-0.3, -0.25) is 14.5 Å². The first-order chi connectivity index (χ1) is 18.3. The second kappa shape index (κ2) is 9.18. The minimum absolute atomic E-state index is 0.000262. The Morgan fingerprint density at radius 3 is 2.47 bits per heavy atom. The van der Waals surface area contributed by atoms with Crippen LogP contribution in [0.25, 0.3) is 16.0 Å². The lowest BCUT2D eigenvalue weighted by Gasteiger charge is -2.24. The smallest absolute Gasteiger partial charge is 0.301 e. The molecule has 0 saturated carbocycles. The van der Waals surface area contributed by atoms with Crippen molar-refractivity contribution in [1.82, 2.24) is 4.98 Å². The largest absolute Gasteiger partial charge is 0.507 e. The average Bonchev–Trinajstić information content (AvgIpc) is 3.45. The predicted molar refractivity (Wildman–Crippen MR) is 147 cm³/mol. The molecular formula is C29H25N3O5S. The molecule has 0 bridgehead atoms. The Hall–Kier alpha value is -4.37. The summed E-state index contributed by atoms with van der Waals surface area (Å²) in [5.41, 5.74) is 3.83. The Morgan fingerprint density at radius 2 is 1.74 bits per heavy atom. The van der Waals surface area contributed by atoms with Crippen LogP contribution in [-0.4, -0.2) is 49.1 Å². The number of ether oxygens (including phenoxy) is 2. The fraction of sp³-hybridized carbons (Fsp3) is 0.207. The number of thiazole rings is 1. The minimum Gasteiger partial charge on any atom is -0.507 e. The molecule has 2 aliphatic heterocycles. The highest BCUT2D eigenvalue weighted by atomic mass is 32.1. The Balaban J connectivity index is 1.53. The van der Waals surface area contributed by atoms with Crippen LogP contribution in [-0.2, 0) is 9.59 Å². The fourth-order valence-electron chi connectivity index (χ4n) is 4.77. The second-order valence-corrected chi connectivity index (χ2v) is 10.5. The summed E-state index contributed by atoms with van der Waals surface area (Å²) in [4.78, 5) is 35.1. The van der Waals surface area contributed by atoms with Crippen molar-refractivity contribution in [2.24, 2.45) is 0 Å². The van der Waals surface area contributed by atoms with E-state index in [1.165, 1.54) is 16.2 Å². The second-order valence-electron chi connectivity index (χ2n) is 9.48. The highest BCUT2D eigenvalue weighted by Gasteiger charge is 2.48. The van der Waals surface area contributed by atoms with Crippen molar-refractivity contribution in [1.29, 1.82) is 0 Å². The average molecular weight is 528 g/mol. The van der Waals surface area contributed by atoms with Crippen LogP contribution in [0.1, 0.15) is 22.7 Å². The van der Waals surface area contributed by atoms with Crippen LogP contribution in [0.15, 0.2) is 66.2 Å². The van der Waals surface area contributed by atoms with E-state index in [1.54, 1.807) is 18.2 Å². The van der Waals surface area contributed by atoms with Crippen LogP contribution in [0.4, 0.5) is 10.8 Å². The van der Waals surface area contributed by atoms with Crippen molar-refractivity contribution >= 4 is 49.8 Å². The molecule has 0 aliphatic carbocycles. The zero-order chi connectivity index (χ0) is 26.6. The van der Waals surface area contributed by atoms with Crippen LogP contribution >= 0.6 is 11.3 Å². The van der Waals surface area contributed by atoms with Gasteiger partial charge in [0.1, 0.15) is 19.0 Å². The van der Waals surface area contributed by atoms with Crippen LogP contribution in [0.2, 0.25) is 0 Å². The molecule has 38 heavy (non-hydrogen) atoms. The molecule has 1 N–H and O–H groups in total. The standard InChI is InChI=1S/C29H25N3O5S/c1-16-4-10-20-23(14-16)38-29(30-20)32-25(17-5-8-19(9-6-17)31(2)3)24(27(34)28(32)35)26(33)18-7-11-21-22(15-18)37-13-12-36-21/h4-11,14-15,25,33H,12-13H2,1-3H3/b26-24+. The molecule has 3 heterocycles. The van der Waals surface area contributed by atoms with Gasteiger partial charge in [0.25, 0.3) is 5.78 Å². The third kappa shape index (κ3) is 3.95. The summed E-state index contributed by atoms with van der Waals surface area (Å²) in [5.74, 6) is -0.741. The van der Waals surface area contributed by atoms with Gasteiger partial charge in [-0.15, -0.1) is 0 Å². The van der Waals surface area contributed by atoms with Crippen LogP contribution in [0.3, 0.4) is 0 Å². The van der Waals surface area contributed by atoms with Crippen LogP contribution < -0.4 is 19.3 Å². The summed E-state index contributed by atoms with van der Waals surface area (Å²) in [6.45, 7) is 2.82. The maximum atomic E-state index is 13.5. The van der Waals surface area contributed by atoms with Crippen molar-refractivity contribution in [2.75, 3.05) is 37.1 Å². The first-order valence-corrected chi connectivity index (χ1v) is 13.0. The predicted octanol–water partition coefficient (Wildman–Crippen LogP) is 5.07. The van der Waals surface area contributed by atoms with E-state index in [4.69, 9.17) is 9.47 Å². The number of aliphatic hydroxyl groups is 1. The lowest BCUT2D eigenvalue weighted by atomic mass is 9.95. The number of aliphatic hydroxyl groups excluding tert-OH is 1. The molecule has 1 unspecified atom stereocenters. The number of carbonyl (C=O) groups is 2. The SMILES string of the molecule is Cc1ccc2nc(N3C(=O)C(=O)/C(=C(/O)c4ccc5c(c4)OCCO5)C3c3ccc(N(C)C)cc3)sc2c1. The zero-order valence-corrected chi connectivity index (χ0v) is 21.9. The first-order valence-electron chi connectivity index (χ1n) is 12.2. The topological polar surface area (TPSA) is 92.2 Å². The maximum Gasteiger partial charge on any atom is 0.301 e. The number of aromatic nitrogens is 1. The summed E-state index contributed by atoms with van der Waals surface area (Å²) >= 11 is 1.34. The summed E-state index contributed by atoms with van der Waals surface area (Å²) in [7, 11) is 3.87. The number of benzene rings is 3. The normalized spacial score (nSPS) is 18.3. The number of rotatable bonds is 4. The number of hydrogen-bond donors (Lipinski definition) is 1. The monoisotopic (exact) mass is 527 g/mol. The maximum absolute atomic E-state index is 13.5. The molecule has 1 saturated heterocycles. The van der Waals surface area contributed by atoms with Gasteiger partial charge in [-0.05, 0) is 60.5 Å². The molecule has 8 nitrogen and oxygen atoms in total. The van der Waals surface area contributed by atoms with Crippen molar-refractivity contribution < 1.29 is 24.2 Å². The van der Waals surface area contributed by atoms with E-state index in [2.05, 4.69) is 4.98 Å². The molecule has 1 amide bonds. The number of ketones is 1. The van der Waals surface area contributed by atoms with E-state index in [-0.39, 0.29) is 11.3 Å². The molecule has 1 aromatic heterocycles. The highest BCUT2D eigenvalue weighted by Crippen LogP contribution is 2.45. The van der Waals surface area contributed by atoms with Gasteiger partial charge in [-0.2, -0.15) is 0 Å². The van der Waals surface area contributed by atoms with Crippen molar-refractivity contribution in [3.8, 4) is 11.5 Å². The Kier molecular flexibility index (Phi) is 5.80. The van der Waals surface area contributed by atoms with Gasteiger partial charge in [0.15, 0.2) is 16.6 Å². The molecule has 2 aliphatic rings. The Bertz CT molecular complexity index is 1620. The number of anilines is 2. The van der Waals surface area contributed by atoms with Gasteiger partial charge in [0, 0.05) is 25.3 Å². The summed E-state index contributed by atoms with van der Waals surface area (Å²) in [6.07, 6.45) is 0. The number of aryl methyl sites for hydroxylation is 1. The molecule has 0 spiro atoms. The molecule has 192 valence electrons. The van der Waals surface area contributed by atoms with Gasteiger partial charge in [-0.25, -0.2) is 4.98 Å². The van der Waals surface area contributed by atoms with Gasteiger partial charge in [0.2, 0.25) is 0 Å². The highest BCUT2D eigenvalue weighted by molar-refractivity contribution is 7.22. The van der Waals surface area contributed by atoms with Gasteiger partial charge in [-0.1, -0.05) is 29.5 Å². The van der Waals surface area contributed by atoms with Crippen LogP contribution in [0.5, 0.6) is 11.5 Å². The quantitative estimate of drug-likeness (QED) is 0.225. The van der Waals surface area contributed by atoms with E-state index in [9.17, 15) is 14.7 Å². The fourth-order valence-corrected chi connectivity index (χ4v) is 5.86. The summed E-state index contributed by atoms with van der Waals surface area (Å²) in [6, 6.07) is 17.5. The molecule has 9 heteroatoms. The molecule has 4 aromatic rings. The summed E-state index contributed by atoms with van der Waals surface area (Å²) in [5, 5.41) is 11.9. The van der Waals surface area contributed by atoms with E-state index in [0.717, 1.165) is 21.5 Å². The van der Waals surface area contributed by atoms with Gasteiger partial charge in [0.05, 0.1) is 21.8 Å². The number of nitrogens with zero attached hydrogens (tertiary/aromatic N) is 3. The third-order valence-electron chi connectivity index (χ3n) is 6.72. The molecule has 6 rings (SSSR count). The van der Waals surface area contributed by atoms with Crippen LogP contribution in [0, 0.1) is 6.92 Å². The van der Waals surface area contributed by atoms with E-state index >= 15 is 0 Å². The third-order valence-corrected chi connectivity index (χ3v) is 7.74. The Morgan fingerprint density at radius 1 is 1.00 bits per heavy atom. The summed E-state index contributed by atoms with van der Waals surface area (Å²) < 4.78 is 12.2. The van der Waals surface area contributed by atoms with Gasteiger partial charge < -0.3 is 19.5 Å². The van der Waals surface area contributed by atoms with E-state index < -0.39 is 17.7 Å². The zero-order valence-electron chi connectivity index (χ0n) is 21.1. The lowest BCUT2D eigenvalue weighted by Crippen LogP contribution is -2.29. The minimum atomic E-state index is -0.860. The number of fused-ring (bicyclic) bond motifs is 2.